The van der Waals surface area contributed by atoms with Crippen molar-refractivity contribution in [2.45, 2.75) is 19.0 Å². The highest BCUT2D eigenvalue weighted by atomic mass is 19.4. The monoisotopic (exact) mass is 322 g/mol. The standard InChI is InChI=1S/C18H17F3O2/c1-12(16-11-15(23-2)9-10-17(16)22)3-4-13-5-7-14(8-6-13)18(19,20)21/h3-12,22H,1-2H3/b4-3-. The van der Waals surface area contributed by atoms with Crippen LogP contribution in [-0.4, -0.2) is 12.2 Å². The molecule has 0 bridgehead atoms. The van der Waals surface area contributed by atoms with Gasteiger partial charge in [-0.25, -0.2) is 0 Å². The number of hydrogen-bond donors (Lipinski definition) is 1. The van der Waals surface area contributed by atoms with Crippen LogP contribution in [0.2, 0.25) is 0 Å². The zero-order valence-corrected chi connectivity index (χ0v) is 12.8. The van der Waals surface area contributed by atoms with E-state index in [1.807, 2.05) is 13.0 Å². The largest absolute Gasteiger partial charge is 0.508 e. The smallest absolute Gasteiger partial charge is 0.416 e. The molecule has 0 fully saturated rings. The summed E-state index contributed by atoms with van der Waals surface area (Å²) >= 11 is 0. The lowest BCUT2D eigenvalue weighted by Gasteiger charge is -2.11. The topological polar surface area (TPSA) is 29.5 Å². The van der Waals surface area contributed by atoms with Gasteiger partial charge in [0.25, 0.3) is 0 Å². The molecule has 2 nitrogen and oxygen atoms in total. The average molecular weight is 322 g/mol. The lowest BCUT2D eigenvalue weighted by atomic mass is 9.98. The number of aromatic hydroxyl groups is 1. The Bertz CT molecular complexity index is 688. The molecule has 2 rings (SSSR count). The number of phenolic OH excluding ortho intramolecular Hbond substituents is 1. The van der Waals surface area contributed by atoms with Crippen molar-refractivity contribution in [1.82, 2.24) is 0 Å². The maximum absolute atomic E-state index is 12.5. The second kappa shape index (κ2) is 6.77. The van der Waals surface area contributed by atoms with Gasteiger partial charge in [-0.2, -0.15) is 13.2 Å². The minimum atomic E-state index is -4.33. The van der Waals surface area contributed by atoms with Crippen LogP contribution in [0, 0.1) is 0 Å². The Balaban J connectivity index is 2.16. The maximum atomic E-state index is 12.5. The van der Waals surface area contributed by atoms with E-state index in [2.05, 4.69) is 0 Å². The summed E-state index contributed by atoms with van der Waals surface area (Å²) in [5.41, 5.74) is 0.674. The van der Waals surface area contributed by atoms with Crippen molar-refractivity contribution in [2.75, 3.05) is 7.11 Å². The third kappa shape index (κ3) is 4.28. The van der Waals surface area contributed by atoms with E-state index in [0.29, 0.717) is 16.9 Å². The number of benzene rings is 2. The first-order valence-corrected chi connectivity index (χ1v) is 7.03. The summed E-state index contributed by atoms with van der Waals surface area (Å²) in [4.78, 5) is 0. The summed E-state index contributed by atoms with van der Waals surface area (Å²) in [6.45, 7) is 1.88. The number of methoxy groups -OCH3 is 1. The summed E-state index contributed by atoms with van der Waals surface area (Å²) in [6, 6.07) is 9.87. The van der Waals surface area contributed by atoms with E-state index < -0.39 is 11.7 Å². The van der Waals surface area contributed by atoms with Gasteiger partial charge in [-0.15, -0.1) is 0 Å². The van der Waals surface area contributed by atoms with Gasteiger partial charge in [-0.3, -0.25) is 0 Å². The molecular weight excluding hydrogens is 305 g/mol. The molecule has 1 N–H and O–H groups in total. The third-order valence-corrected chi connectivity index (χ3v) is 3.54. The van der Waals surface area contributed by atoms with E-state index in [1.54, 1.807) is 31.4 Å². The second-order valence-corrected chi connectivity index (χ2v) is 5.19. The normalized spacial score (nSPS) is 13.3. The first-order chi connectivity index (χ1) is 10.8. The van der Waals surface area contributed by atoms with E-state index in [9.17, 15) is 18.3 Å². The molecule has 0 aliphatic heterocycles. The predicted molar refractivity (Wildman–Crippen MR) is 83.6 cm³/mol. The van der Waals surface area contributed by atoms with Crippen LogP contribution in [0.5, 0.6) is 11.5 Å². The van der Waals surface area contributed by atoms with E-state index in [1.165, 1.54) is 12.1 Å². The van der Waals surface area contributed by atoms with Gasteiger partial charge in [-0.1, -0.05) is 31.2 Å². The first kappa shape index (κ1) is 16.9. The number of phenols is 1. The van der Waals surface area contributed by atoms with Crippen molar-refractivity contribution >= 4 is 6.08 Å². The number of allylic oxidation sites excluding steroid dienone is 1. The molecule has 1 unspecified atom stereocenters. The molecular formula is C18H17F3O2. The van der Waals surface area contributed by atoms with Crippen molar-refractivity contribution in [2.24, 2.45) is 0 Å². The van der Waals surface area contributed by atoms with Crippen molar-refractivity contribution in [3.8, 4) is 11.5 Å². The van der Waals surface area contributed by atoms with Crippen LogP contribution in [0.25, 0.3) is 6.08 Å². The molecule has 0 aliphatic carbocycles. The highest BCUT2D eigenvalue weighted by Gasteiger charge is 2.29. The minimum absolute atomic E-state index is 0.118. The van der Waals surface area contributed by atoms with Gasteiger partial charge < -0.3 is 9.84 Å². The van der Waals surface area contributed by atoms with Crippen LogP contribution < -0.4 is 4.74 Å². The van der Waals surface area contributed by atoms with E-state index in [-0.39, 0.29) is 11.7 Å². The fourth-order valence-corrected chi connectivity index (χ4v) is 2.17. The van der Waals surface area contributed by atoms with Gasteiger partial charge in [-0.05, 0) is 35.9 Å². The Kier molecular flexibility index (Phi) is 4.98. The Morgan fingerprint density at radius 2 is 1.74 bits per heavy atom. The Labute approximate surface area is 132 Å². The van der Waals surface area contributed by atoms with E-state index >= 15 is 0 Å². The number of halogens is 3. The Morgan fingerprint density at radius 1 is 1.09 bits per heavy atom. The molecule has 0 heterocycles. The molecule has 0 amide bonds. The first-order valence-electron chi connectivity index (χ1n) is 7.03. The van der Waals surface area contributed by atoms with Crippen molar-refractivity contribution in [3.05, 3.63) is 65.2 Å². The molecule has 23 heavy (non-hydrogen) atoms. The van der Waals surface area contributed by atoms with Gasteiger partial charge in [0.1, 0.15) is 11.5 Å². The lowest BCUT2D eigenvalue weighted by Crippen LogP contribution is -2.03. The Morgan fingerprint density at radius 3 is 2.30 bits per heavy atom. The number of hydrogen-bond acceptors (Lipinski definition) is 2. The van der Waals surface area contributed by atoms with Crippen molar-refractivity contribution in [1.29, 1.82) is 0 Å². The molecule has 0 saturated heterocycles. The zero-order valence-electron chi connectivity index (χ0n) is 12.8. The molecule has 122 valence electrons. The zero-order chi connectivity index (χ0) is 17.0. The predicted octanol–water partition coefficient (Wildman–Crippen LogP) is 5.24. The molecule has 0 saturated carbocycles. The van der Waals surface area contributed by atoms with Crippen LogP contribution in [0.3, 0.4) is 0 Å². The molecule has 5 heteroatoms. The van der Waals surface area contributed by atoms with Gasteiger partial charge in [0.2, 0.25) is 0 Å². The van der Waals surface area contributed by atoms with E-state index in [0.717, 1.165) is 12.1 Å². The van der Waals surface area contributed by atoms with Crippen molar-refractivity contribution in [3.63, 3.8) is 0 Å². The average Bonchev–Trinajstić information content (AvgIpc) is 2.52. The van der Waals surface area contributed by atoms with Crippen LogP contribution in [0.15, 0.2) is 48.5 Å². The molecule has 0 radical (unpaired) electrons. The van der Waals surface area contributed by atoms with Crippen LogP contribution in [0.4, 0.5) is 13.2 Å². The highest BCUT2D eigenvalue weighted by Crippen LogP contribution is 2.31. The SMILES string of the molecule is COc1ccc(O)c(C(C)/C=C\c2ccc(C(F)(F)F)cc2)c1. The molecule has 1 atom stereocenters. The fraction of sp³-hybridized carbons (Fsp3) is 0.222. The molecule has 2 aromatic carbocycles. The van der Waals surface area contributed by atoms with Gasteiger partial charge in [0, 0.05) is 11.5 Å². The van der Waals surface area contributed by atoms with Crippen molar-refractivity contribution < 1.29 is 23.0 Å². The van der Waals surface area contributed by atoms with Gasteiger partial charge in [0.05, 0.1) is 12.7 Å². The van der Waals surface area contributed by atoms with Crippen LogP contribution in [-0.2, 0) is 6.18 Å². The quantitative estimate of drug-likeness (QED) is 0.834. The van der Waals surface area contributed by atoms with Crippen LogP contribution in [0.1, 0.15) is 29.5 Å². The van der Waals surface area contributed by atoms with E-state index in [4.69, 9.17) is 4.74 Å². The maximum Gasteiger partial charge on any atom is 0.416 e. The summed E-state index contributed by atoms with van der Waals surface area (Å²) in [5.74, 6) is 0.662. The summed E-state index contributed by atoms with van der Waals surface area (Å²) in [6.07, 6.45) is -0.789. The van der Waals surface area contributed by atoms with Crippen LogP contribution >= 0.6 is 0 Å². The fourth-order valence-electron chi connectivity index (χ4n) is 2.17. The highest BCUT2D eigenvalue weighted by molar-refractivity contribution is 5.53. The Hall–Kier alpha value is -2.43. The molecule has 0 aliphatic rings. The van der Waals surface area contributed by atoms with Gasteiger partial charge >= 0.3 is 6.18 Å². The molecule has 0 spiro atoms. The minimum Gasteiger partial charge on any atom is -0.508 e. The number of alkyl halides is 3. The summed E-state index contributed by atoms with van der Waals surface area (Å²) < 4.78 is 42.7. The lowest BCUT2D eigenvalue weighted by molar-refractivity contribution is -0.137. The number of rotatable bonds is 4. The number of ether oxygens (including phenoxy) is 1. The third-order valence-electron chi connectivity index (χ3n) is 3.54. The second-order valence-electron chi connectivity index (χ2n) is 5.19. The van der Waals surface area contributed by atoms with Gasteiger partial charge in [0.15, 0.2) is 0 Å². The summed E-state index contributed by atoms with van der Waals surface area (Å²) in [7, 11) is 1.54. The molecule has 0 aromatic heterocycles. The molecule has 2 aromatic rings. The summed E-state index contributed by atoms with van der Waals surface area (Å²) in [5, 5.41) is 9.91.